The monoisotopic (exact) mass is 269 g/mol. The molecule has 1 amide bonds. The minimum atomic E-state index is 0.290. The smallest absolute Gasteiger partial charge is 0.222 e. The average Bonchev–Trinajstić information content (AvgIpc) is 2.35. The van der Waals surface area contributed by atoms with Gasteiger partial charge in [-0.25, -0.2) is 0 Å². The van der Waals surface area contributed by atoms with Gasteiger partial charge in [-0.15, -0.1) is 0 Å². The van der Waals surface area contributed by atoms with Gasteiger partial charge in [-0.05, 0) is 52.2 Å². The van der Waals surface area contributed by atoms with Crippen molar-refractivity contribution in [2.24, 2.45) is 11.7 Å². The first-order chi connectivity index (χ1) is 8.99. The van der Waals surface area contributed by atoms with Crippen LogP contribution in [-0.2, 0) is 4.79 Å². The number of nitrogens with zero attached hydrogens (tertiary/aromatic N) is 2. The molecule has 0 aromatic carbocycles. The second-order valence-electron chi connectivity index (χ2n) is 6.30. The highest BCUT2D eigenvalue weighted by molar-refractivity contribution is 5.75. The van der Waals surface area contributed by atoms with E-state index in [-0.39, 0.29) is 5.91 Å². The SMILES string of the molecule is CN(C)CCCN(C)C(=O)CCC1CCCC(N)C1. The van der Waals surface area contributed by atoms with Crippen LogP contribution in [0.5, 0.6) is 0 Å². The molecule has 0 saturated heterocycles. The molecule has 4 nitrogen and oxygen atoms in total. The zero-order valence-corrected chi connectivity index (χ0v) is 12.9. The maximum atomic E-state index is 12.0. The third kappa shape index (κ3) is 6.92. The molecule has 19 heavy (non-hydrogen) atoms. The van der Waals surface area contributed by atoms with Gasteiger partial charge in [0.05, 0.1) is 0 Å². The third-order valence-corrected chi connectivity index (χ3v) is 4.11. The Morgan fingerprint density at radius 3 is 2.58 bits per heavy atom. The van der Waals surface area contributed by atoms with E-state index in [4.69, 9.17) is 5.73 Å². The third-order valence-electron chi connectivity index (χ3n) is 4.11. The largest absolute Gasteiger partial charge is 0.346 e. The lowest BCUT2D eigenvalue weighted by molar-refractivity contribution is -0.130. The van der Waals surface area contributed by atoms with Gasteiger partial charge in [-0.1, -0.05) is 12.8 Å². The highest BCUT2D eigenvalue weighted by Gasteiger charge is 2.20. The number of carbonyl (C=O) groups is 1. The molecule has 0 radical (unpaired) electrons. The van der Waals surface area contributed by atoms with Crippen molar-refractivity contribution in [2.45, 2.75) is 51.0 Å². The van der Waals surface area contributed by atoms with E-state index >= 15 is 0 Å². The molecule has 1 rings (SSSR count). The van der Waals surface area contributed by atoms with Gasteiger partial charge in [0.15, 0.2) is 0 Å². The van der Waals surface area contributed by atoms with Crippen LogP contribution in [0.1, 0.15) is 44.9 Å². The predicted molar refractivity (Wildman–Crippen MR) is 80.0 cm³/mol. The van der Waals surface area contributed by atoms with Crippen molar-refractivity contribution >= 4 is 5.91 Å². The molecular formula is C15H31N3O. The van der Waals surface area contributed by atoms with E-state index in [0.29, 0.717) is 18.4 Å². The maximum absolute atomic E-state index is 12.0. The van der Waals surface area contributed by atoms with E-state index in [1.165, 1.54) is 12.8 Å². The number of carbonyl (C=O) groups excluding carboxylic acids is 1. The number of rotatable bonds is 7. The average molecular weight is 269 g/mol. The van der Waals surface area contributed by atoms with Crippen LogP contribution < -0.4 is 5.73 Å². The summed E-state index contributed by atoms with van der Waals surface area (Å²) in [6.07, 6.45) is 7.51. The molecule has 1 aliphatic rings. The van der Waals surface area contributed by atoms with Crippen molar-refractivity contribution < 1.29 is 4.79 Å². The fourth-order valence-corrected chi connectivity index (χ4v) is 2.86. The van der Waals surface area contributed by atoms with Crippen LogP contribution in [0.4, 0.5) is 0 Å². The molecule has 0 aromatic heterocycles. The highest BCUT2D eigenvalue weighted by atomic mass is 16.2. The highest BCUT2D eigenvalue weighted by Crippen LogP contribution is 2.26. The fourth-order valence-electron chi connectivity index (χ4n) is 2.86. The quantitative estimate of drug-likeness (QED) is 0.765. The lowest BCUT2D eigenvalue weighted by Gasteiger charge is -2.27. The zero-order chi connectivity index (χ0) is 14.3. The normalized spacial score (nSPS) is 23.6. The fraction of sp³-hybridized carbons (Fsp3) is 0.933. The Morgan fingerprint density at radius 2 is 1.95 bits per heavy atom. The first-order valence-electron chi connectivity index (χ1n) is 7.63. The summed E-state index contributed by atoms with van der Waals surface area (Å²) in [5.41, 5.74) is 5.99. The summed E-state index contributed by atoms with van der Waals surface area (Å²) in [7, 11) is 6.05. The summed E-state index contributed by atoms with van der Waals surface area (Å²) in [5, 5.41) is 0. The summed E-state index contributed by atoms with van der Waals surface area (Å²) in [5.74, 6) is 0.959. The van der Waals surface area contributed by atoms with Crippen LogP contribution in [0.2, 0.25) is 0 Å². The summed E-state index contributed by atoms with van der Waals surface area (Å²) in [6.45, 7) is 1.90. The van der Waals surface area contributed by atoms with Crippen molar-refractivity contribution in [3.8, 4) is 0 Å². The van der Waals surface area contributed by atoms with E-state index < -0.39 is 0 Å². The van der Waals surface area contributed by atoms with Gasteiger partial charge in [-0.2, -0.15) is 0 Å². The Kier molecular flexibility index (Phi) is 7.39. The van der Waals surface area contributed by atoms with Gasteiger partial charge in [0.2, 0.25) is 5.91 Å². The molecule has 2 N–H and O–H groups in total. The van der Waals surface area contributed by atoms with Crippen LogP contribution >= 0.6 is 0 Å². The van der Waals surface area contributed by atoms with Crippen LogP contribution in [0, 0.1) is 5.92 Å². The maximum Gasteiger partial charge on any atom is 0.222 e. The lowest BCUT2D eigenvalue weighted by atomic mass is 9.83. The van der Waals surface area contributed by atoms with Crippen molar-refractivity contribution in [3.05, 3.63) is 0 Å². The van der Waals surface area contributed by atoms with E-state index in [1.54, 1.807) is 0 Å². The molecule has 1 fully saturated rings. The molecule has 2 unspecified atom stereocenters. The standard InChI is InChI=1S/C15H31N3O/c1-17(2)10-5-11-18(3)15(19)9-8-13-6-4-7-14(16)12-13/h13-14H,4-12,16H2,1-3H3. The molecule has 0 bridgehead atoms. The Hall–Kier alpha value is -0.610. The second kappa shape index (κ2) is 8.54. The van der Waals surface area contributed by atoms with Crippen LogP contribution in [0.3, 0.4) is 0 Å². The topological polar surface area (TPSA) is 49.6 Å². The molecule has 0 heterocycles. The number of amides is 1. The molecule has 2 atom stereocenters. The second-order valence-corrected chi connectivity index (χ2v) is 6.30. The Morgan fingerprint density at radius 1 is 1.21 bits per heavy atom. The molecule has 0 spiro atoms. The molecule has 112 valence electrons. The van der Waals surface area contributed by atoms with Gasteiger partial charge in [0.1, 0.15) is 0 Å². The van der Waals surface area contributed by atoms with Gasteiger partial charge >= 0.3 is 0 Å². The lowest BCUT2D eigenvalue weighted by Crippen LogP contribution is -2.31. The van der Waals surface area contributed by atoms with Gasteiger partial charge in [0.25, 0.3) is 0 Å². The van der Waals surface area contributed by atoms with E-state index in [1.807, 2.05) is 11.9 Å². The molecule has 1 aliphatic carbocycles. The first kappa shape index (κ1) is 16.4. The summed E-state index contributed by atoms with van der Waals surface area (Å²) >= 11 is 0. The Labute approximate surface area is 118 Å². The number of nitrogens with two attached hydrogens (primary N) is 1. The molecular weight excluding hydrogens is 238 g/mol. The van der Waals surface area contributed by atoms with Crippen LogP contribution in [0.15, 0.2) is 0 Å². The first-order valence-corrected chi connectivity index (χ1v) is 7.63. The minimum absolute atomic E-state index is 0.290. The van der Waals surface area contributed by atoms with Crippen molar-refractivity contribution in [2.75, 3.05) is 34.2 Å². The predicted octanol–water partition coefficient (Wildman–Crippen LogP) is 1.69. The van der Waals surface area contributed by atoms with Gasteiger partial charge in [0, 0.05) is 26.1 Å². The van der Waals surface area contributed by atoms with Crippen molar-refractivity contribution in [1.82, 2.24) is 9.80 Å². The van der Waals surface area contributed by atoms with Gasteiger partial charge in [-0.3, -0.25) is 4.79 Å². The van der Waals surface area contributed by atoms with Crippen molar-refractivity contribution in [1.29, 1.82) is 0 Å². The van der Waals surface area contributed by atoms with Crippen molar-refractivity contribution in [3.63, 3.8) is 0 Å². The van der Waals surface area contributed by atoms with E-state index in [9.17, 15) is 4.79 Å². The Bertz CT molecular complexity index is 268. The summed E-state index contributed by atoms with van der Waals surface area (Å²) in [6, 6.07) is 0.367. The molecule has 0 aliphatic heterocycles. The molecule has 4 heteroatoms. The van der Waals surface area contributed by atoms with Crippen LogP contribution in [-0.4, -0.2) is 56.0 Å². The summed E-state index contributed by atoms with van der Waals surface area (Å²) < 4.78 is 0. The molecule has 0 aromatic rings. The minimum Gasteiger partial charge on any atom is -0.346 e. The number of hydrogen-bond acceptors (Lipinski definition) is 3. The zero-order valence-electron chi connectivity index (χ0n) is 12.9. The summed E-state index contributed by atoms with van der Waals surface area (Å²) in [4.78, 5) is 16.1. The Balaban J connectivity index is 2.15. The van der Waals surface area contributed by atoms with E-state index in [2.05, 4.69) is 19.0 Å². The number of hydrogen-bond donors (Lipinski definition) is 1. The van der Waals surface area contributed by atoms with E-state index in [0.717, 1.165) is 38.8 Å². The van der Waals surface area contributed by atoms with Gasteiger partial charge < -0.3 is 15.5 Å². The van der Waals surface area contributed by atoms with Crippen LogP contribution in [0.25, 0.3) is 0 Å². The molecule has 1 saturated carbocycles.